The summed E-state index contributed by atoms with van der Waals surface area (Å²) in [6, 6.07) is 10.9. The van der Waals surface area contributed by atoms with Crippen LogP contribution in [0.3, 0.4) is 0 Å². The number of benzene rings is 2. The van der Waals surface area contributed by atoms with E-state index in [0.717, 1.165) is 0 Å². The molecule has 1 aromatic heterocycles. The van der Waals surface area contributed by atoms with Gasteiger partial charge in [-0.05, 0) is 56.3 Å². The minimum atomic E-state index is -4.08. The number of rotatable bonds is 6. The number of amides is 2. The molecule has 2 N–H and O–H groups in total. The standard InChI is InChI=1S/C20H20FN3O5S/c1-3-29-20(26)23-30(27,28)15-9-7-14(8-10-15)22-19(25)13(2)24-12-11-16-17(21)5-4-6-18(16)24/h4-13H,3H2,1-2H3,(H,22,25)(H,23,26)/t13-/m1/s1. The molecule has 0 spiro atoms. The number of halogens is 1. The van der Waals surface area contributed by atoms with Gasteiger partial charge in [0.1, 0.15) is 11.9 Å². The van der Waals surface area contributed by atoms with Crippen molar-refractivity contribution in [1.82, 2.24) is 9.29 Å². The van der Waals surface area contributed by atoms with Gasteiger partial charge in [-0.2, -0.15) is 0 Å². The lowest BCUT2D eigenvalue weighted by atomic mass is 10.2. The normalized spacial score (nSPS) is 12.4. The van der Waals surface area contributed by atoms with E-state index in [4.69, 9.17) is 0 Å². The van der Waals surface area contributed by atoms with Crippen LogP contribution in [0.4, 0.5) is 14.9 Å². The van der Waals surface area contributed by atoms with E-state index >= 15 is 0 Å². The Balaban J connectivity index is 1.72. The number of anilines is 1. The molecule has 1 heterocycles. The largest absolute Gasteiger partial charge is 0.449 e. The molecule has 0 saturated heterocycles. The van der Waals surface area contributed by atoms with E-state index in [0.29, 0.717) is 16.6 Å². The highest BCUT2D eigenvalue weighted by Gasteiger charge is 2.20. The highest BCUT2D eigenvalue weighted by atomic mass is 32.2. The Morgan fingerprint density at radius 1 is 1.13 bits per heavy atom. The van der Waals surface area contributed by atoms with Crippen LogP contribution in [-0.2, 0) is 19.6 Å². The number of hydrogen-bond donors (Lipinski definition) is 2. The Morgan fingerprint density at radius 2 is 1.83 bits per heavy atom. The fraction of sp³-hybridized carbons (Fsp3) is 0.200. The van der Waals surface area contributed by atoms with Gasteiger partial charge in [0, 0.05) is 17.3 Å². The summed E-state index contributed by atoms with van der Waals surface area (Å²) in [6.45, 7) is 3.26. The second-order valence-electron chi connectivity index (χ2n) is 6.41. The number of aromatic nitrogens is 1. The minimum absolute atomic E-state index is 0.0355. The van der Waals surface area contributed by atoms with E-state index in [9.17, 15) is 22.4 Å². The minimum Gasteiger partial charge on any atom is -0.449 e. The molecule has 10 heteroatoms. The number of fused-ring (bicyclic) bond motifs is 1. The summed E-state index contributed by atoms with van der Waals surface area (Å²) in [7, 11) is -4.08. The number of carbonyl (C=O) groups excluding carboxylic acids is 2. The molecule has 3 rings (SSSR count). The van der Waals surface area contributed by atoms with Crippen LogP contribution in [0, 0.1) is 5.82 Å². The third-order valence-corrected chi connectivity index (χ3v) is 5.76. The molecule has 8 nitrogen and oxygen atoms in total. The quantitative estimate of drug-likeness (QED) is 0.620. The Bertz CT molecular complexity index is 1190. The highest BCUT2D eigenvalue weighted by molar-refractivity contribution is 7.90. The predicted octanol–water partition coefficient (Wildman–Crippen LogP) is 3.41. The van der Waals surface area contributed by atoms with Crippen LogP contribution in [0.5, 0.6) is 0 Å². The van der Waals surface area contributed by atoms with Crippen molar-refractivity contribution in [2.45, 2.75) is 24.8 Å². The van der Waals surface area contributed by atoms with Crippen molar-refractivity contribution in [2.24, 2.45) is 0 Å². The maximum Gasteiger partial charge on any atom is 0.421 e. The Labute approximate surface area is 172 Å². The van der Waals surface area contributed by atoms with Crippen molar-refractivity contribution in [2.75, 3.05) is 11.9 Å². The molecule has 0 saturated carbocycles. The smallest absolute Gasteiger partial charge is 0.421 e. The number of ether oxygens (including phenoxy) is 1. The fourth-order valence-electron chi connectivity index (χ4n) is 2.91. The van der Waals surface area contributed by atoms with Crippen molar-refractivity contribution < 1.29 is 27.1 Å². The zero-order chi connectivity index (χ0) is 21.9. The second kappa shape index (κ2) is 8.54. The summed E-state index contributed by atoms with van der Waals surface area (Å²) in [5.74, 6) is -0.732. The molecule has 0 fully saturated rings. The van der Waals surface area contributed by atoms with Crippen molar-refractivity contribution in [3.8, 4) is 0 Å². The van der Waals surface area contributed by atoms with E-state index in [1.807, 2.05) is 0 Å². The van der Waals surface area contributed by atoms with Crippen LogP contribution >= 0.6 is 0 Å². The van der Waals surface area contributed by atoms with E-state index in [1.54, 1.807) is 47.5 Å². The van der Waals surface area contributed by atoms with Crippen molar-refractivity contribution in [3.05, 3.63) is 60.5 Å². The van der Waals surface area contributed by atoms with Crippen LogP contribution in [-0.4, -0.2) is 31.6 Å². The zero-order valence-electron chi connectivity index (χ0n) is 16.3. The van der Waals surface area contributed by atoms with Crippen LogP contribution in [0.25, 0.3) is 10.9 Å². The third kappa shape index (κ3) is 4.43. The molecular weight excluding hydrogens is 413 g/mol. The fourth-order valence-corrected chi connectivity index (χ4v) is 3.80. The lowest BCUT2D eigenvalue weighted by molar-refractivity contribution is -0.118. The topological polar surface area (TPSA) is 106 Å². The van der Waals surface area contributed by atoms with Gasteiger partial charge in [-0.3, -0.25) is 4.79 Å². The number of sulfonamides is 1. The van der Waals surface area contributed by atoms with E-state index in [2.05, 4.69) is 10.1 Å². The van der Waals surface area contributed by atoms with Gasteiger partial charge in [-0.25, -0.2) is 22.3 Å². The first-order valence-corrected chi connectivity index (χ1v) is 10.6. The first-order valence-electron chi connectivity index (χ1n) is 9.08. The second-order valence-corrected chi connectivity index (χ2v) is 8.09. The average molecular weight is 433 g/mol. The zero-order valence-corrected chi connectivity index (χ0v) is 17.1. The molecule has 30 heavy (non-hydrogen) atoms. The molecule has 2 aromatic carbocycles. The maximum absolute atomic E-state index is 13.9. The summed E-state index contributed by atoms with van der Waals surface area (Å²) in [5, 5.41) is 3.11. The number of carbonyl (C=O) groups is 2. The lowest BCUT2D eigenvalue weighted by Crippen LogP contribution is -2.31. The summed E-state index contributed by atoms with van der Waals surface area (Å²) < 4.78 is 46.1. The lowest BCUT2D eigenvalue weighted by Gasteiger charge is -2.16. The number of hydrogen-bond acceptors (Lipinski definition) is 5. The molecule has 3 aromatic rings. The first kappa shape index (κ1) is 21.3. The third-order valence-electron chi connectivity index (χ3n) is 4.43. The van der Waals surface area contributed by atoms with Gasteiger partial charge in [0.15, 0.2) is 0 Å². The van der Waals surface area contributed by atoms with Gasteiger partial charge in [-0.15, -0.1) is 0 Å². The summed E-state index contributed by atoms with van der Waals surface area (Å²) in [4.78, 5) is 23.8. The molecule has 0 bridgehead atoms. The van der Waals surface area contributed by atoms with E-state index in [-0.39, 0.29) is 23.2 Å². The van der Waals surface area contributed by atoms with Gasteiger partial charge >= 0.3 is 6.09 Å². The van der Waals surface area contributed by atoms with Crippen molar-refractivity contribution in [1.29, 1.82) is 0 Å². The van der Waals surface area contributed by atoms with Crippen LogP contribution in [0.15, 0.2) is 59.6 Å². The van der Waals surface area contributed by atoms with E-state index in [1.165, 1.54) is 30.3 Å². The highest BCUT2D eigenvalue weighted by Crippen LogP contribution is 2.23. The Kier molecular flexibility index (Phi) is 6.06. The van der Waals surface area contributed by atoms with Gasteiger partial charge in [0.05, 0.1) is 17.0 Å². The Hall–Kier alpha value is -3.40. The van der Waals surface area contributed by atoms with Crippen LogP contribution in [0.1, 0.15) is 19.9 Å². The predicted molar refractivity (Wildman–Crippen MR) is 109 cm³/mol. The van der Waals surface area contributed by atoms with Crippen LogP contribution < -0.4 is 10.0 Å². The molecule has 1 atom stereocenters. The molecule has 0 unspecified atom stereocenters. The maximum atomic E-state index is 13.9. The van der Waals surface area contributed by atoms with Crippen molar-refractivity contribution in [3.63, 3.8) is 0 Å². The molecule has 0 aliphatic rings. The molecular formula is C20H20FN3O5S. The number of nitrogens with zero attached hydrogens (tertiary/aromatic N) is 1. The SMILES string of the molecule is CCOC(=O)NS(=O)(=O)c1ccc(NC(=O)[C@@H](C)n2ccc3c(F)cccc32)cc1. The molecule has 158 valence electrons. The first-order chi connectivity index (χ1) is 14.2. The van der Waals surface area contributed by atoms with Gasteiger partial charge in [0.2, 0.25) is 5.91 Å². The summed E-state index contributed by atoms with van der Waals surface area (Å²) >= 11 is 0. The average Bonchev–Trinajstić information content (AvgIpc) is 3.13. The molecule has 0 aliphatic heterocycles. The molecule has 2 amide bonds. The van der Waals surface area contributed by atoms with E-state index < -0.39 is 22.2 Å². The molecule has 0 aliphatic carbocycles. The monoisotopic (exact) mass is 433 g/mol. The number of nitrogens with one attached hydrogen (secondary N) is 2. The van der Waals surface area contributed by atoms with Gasteiger partial charge in [-0.1, -0.05) is 6.07 Å². The summed E-state index contributed by atoms with van der Waals surface area (Å²) in [6.07, 6.45) is 0.563. The van der Waals surface area contributed by atoms with Crippen LogP contribution in [0.2, 0.25) is 0 Å². The molecule has 0 radical (unpaired) electrons. The summed E-state index contributed by atoms with van der Waals surface area (Å²) in [5.41, 5.74) is 0.953. The van der Waals surface area contributed by atoms with Gasteiger partial charge < -0.3 is 14.6 Å². The van der Waals surface area contributed by atoms with Gasteiger partial charge in [0.25, 0.3) is 10.0 Å². The Morgan fingerprint density at radius 3 is 2.50 bits per heavy atom. The van der Waals surface area contributed by atoms with Crippen molar-refractivity contribution >= 4 is 38.6 Å².